The molecule has 5 nitrogen and oxygen atoms in total. The Labute approximate surface area is 127 Å². The lowest BCUT2D eigenvalue weighted by atomic mass is 9.94. The van der Waals surface area contributed by atoms with Gasteiger partial charge in [0.05, 0.1) is 5.69 Å². The quantitative estimate of drug-likeness (QED) is 0.871. The molecule has 1 aromatic rings. The third kappa shape index (κ3) is 4.56. The number of nitrogens with zero attached hydrogens (tertiary/aromatic N) is 2. The second kappa shape index (κ2) is 7.07. The smallest absolute Gasteiger partial charge is 0.223 e. The number of hydrogen-bond donors (Lipinski definition) is 2. The lowest BCUT2D eigenvalue weighted by Gasteiger charge is -2.34. The Morgan fingerprint density at radius 1 is 1.43 bits per heavy atom. The highest BCUT2D eigenvalue weighted by atomic mass is 16.1. The zero-order valence-corrected chi connectivity index (χ0v) is 13.6. The van der Waals surface area contributed by atoms with Crippen molar-refractivity contribution in [1.29, 1.82) is 0 Å². The average molecular weight is 292 g/mol. The number of carbonyl (C=O) groups excluding carboxylic acids is 1. The molecule has 2 rings (SSSR count). The highest BCUT2D eigenvalue weighted by molar-refractivity contribution is 5.79. The molecule has 1 saturated heterocycles. The summed E-state index contributed by atoms with van der Waals surface area (Å²) >= 11 is 0. The van der Waals surface area contributed by atoms with Crippen molar-refractivity contribution in [2.75, 3.05) is 13.1 Å². The molecule has 1 unspecified atom stereocenters. The van der Waals surface area contributed by atoms with Crippen LogP contribution in [0.15, 0.2) is 6.07 Å². The van der Waals surface area contributed by atoms with E-state index in [1.807, 2.05) is 19.9 Å². The van der Waals surface area contributed by atoms with E-state index in [0.29, 0.717) is 6.04 Å². The number of amides is 1. The highest BCUT2D eigenvalue weighted by Gasteiger charge is 2.26. The highest BCUT2D eigenvalue weighted by Crippen LogP contribution is 2.19. The number of H-pyrrole nitrogens is 1. The van der Waals surface area contributed by atoms with E-state index in [9.17, 15) is 4.79 Å². The molecule has 1 fully saturated rings. The van der Waals surface area contributed by atoms with Gasteiger partial charge in [-0.3, -0.25) is 9.89 Å². The van der Waals surface area contributed by atoms with Gasteiger partial charge in [-0.05, 0) is 59.7 Å². The van der Waals surface area contributed by atoms with E-state index < -0.39 is 0 Å². The molecule has 21 heavy (non-hydrogen) atoms. The number of carbonyl (C=O) groups is 1. The topological polar surface area (TPSA) is 61.0 Å². The van der Waals surface area contributed by atoms with Gasteiger partial charge in [-0.1, -0.05) is 0 Å². The maximum absolute atomic E-state index is 12.3. The van der Waals surface area contributed by atoms with E-state index in [1.165, 1.54) is 0 Å². The third-order valence-electron chi connectivity index (χ3n) is 4.29. The van der Waals surface area contributed by atoms with E-state index >= 15 is 0 Å². The molecule has 1 aliphatic rings. The van der Waals surface area contributed by atoms with Crippen molar-refractivity contribution in [2.24, 2.45) is 5.92 Å². The van der Waals surface area contributed by atoms with E-state index in [1.54, 1.807) is 0 Å². The van der Waals surface area contributed by atoms with Crippen molar-refractivity contribution in [1.82, 2.24) is 20.4 Å². The Morgan fingerprint density at radius 3 is 2.62 bits per heavy atom. The second-order valence-corrected chi connectivity index (χ2v) is 6.56. The Kier molecular flexibility index (Phi) is 5.39. The Bertz CT molecular complexity index is 461. The molecule has 0 aliphatic carbocycles. The maximum Gasteiger partial charge on any atom is 0.223 e. The van der Waals surface area contributed by atoms with Crippen LogP contribution in [-0.2, 0) is 11.2 Å². The van der Waals surface area contributed by atoms with Gasteiger partial charge in [0, 0.05) is 30.1 Å². The molecule has 1 atom stereocenters. The van der Waals surface area contributed by atoms with Crippen LogP contribution >= 0.6 is 0 Å². The van der Waals surface area contributed by atoms with Gasteiger partial charge in [0.1, 0.15) is 0 Å². The number of nitrogens with one attached hydrogen (secondary N) is 2. The maximum atomic E-state index is 12.3. The number of likely N-dealkylation sites (tertiary alicyclic amines) is 1. The predicted molar refractivity (Wildman–Crippen MR) is 84.1 cm³/mol. The predicted octanol–water partition coefficient (Wildman–Crippen LogP) is 1.89. The summed E-state index contributed by atoms with van der Waals surface area (Å²) in [4.78, 5) is 14.8. The number of aromatic amines is 1. The van der Waals surface area contributed by atoms with Gasteiger partial charge in [0.25, 0.3) is 0 Å². The van der Waals surface area contributed by atoms with Gasteiger partial charge in [-0.25, -0.2) is 0 Å². The van der Waals surface area contributed by atoms with Crippen LogP contribution in [0.1, 0.15) is 45.0 Å². The zero-order valence-electron chi connectivity index (χ0n) is 13.6. The SMILES string of the molecule is Cc1cc(CC(C)NC(=O)C2CCN(C(C)C)CC2)n[nH]1. The molecular formula is C16H28N4O. The molecule has 0 spiro atoms. The van der Waals surface area contributed by atoms with Gasteiger partial charge in [0.15, 0.2) is 0 Å². The molecule has 0 radical (unpaired) electrons. The van der Waals surface area contributed by atoms with Crippen molar-refractivity contribution in [3.05, 3.63) is 17.5 Å². The molecule has 1 amide bonds. The number of hydrogen-bond acceptors (Lipinski definition) is 3. The number of aryl methyl sites for hydroxylation is 1. The zero-order chi connectivity index (χ0) is 15.4. The van der Waals surface area contributed by atoms with Crippen LogP contribution in [0.4, 0.5) is 0 Å². The largest absolute Gasteiger partial charge is 0.353 e. The fourth-order valence-corrected chi connectivity index (χ4v) is 2.98. The first-order chi connectivity index (χ1) is 9.95. The summed E-state index contributed by atoms with van der Waals surface area (Å²) in [6.45, 7) is 10.5. The summed E-state index contributed by atoms with van der Waals surface area (Å²) in [5, 5.41) is 10.3. The summed E-state index contributed by atoms with van der Waals surface area (Å²) in [5.41, 5.74) is 2.07. The molecule has 0 saturated carbocycles. The fraction of sp³-hybridized carbons (Fsp3) is 0.750. The molecule has 0 aromatic carbocycles. The Hall–Kier alpha value is -1.36. The molecule has 1 aliphatic heterocycles. The van der Waals surface area contributed by atoms with Crippen LogP contribution in [-0.4, -0.2) is 46.2 Å². The van der Waals surface area contributed by atoms with Crippen LogP contribution in [0.5, 0.6) is 0 Å². The van der Waals surface area contributed by atoms with Crippen LogP contribution in [0.25, 0.3) is 0 Å². The first-order valence-corrected chi connectivity index (χ1v) is 8.01. The molecule has 0 bridgehead atoms. The normalized spacial score (nSPS) is 18.9. The van der Waals surface area contributed by atoms with E-state index in [-0.39, 0.29) is 17.9 Å². The molecule has 1 aromatic heterocycles. The molecule has 5 heteroatoms. The fourth-order valence-electron chi connectivity index (χ4n) is 2.98. The second-order valence-electron chi connectivity index (χ2n) is 6.56. The molecular weight excluding hydrogens is 264 g/mol. The molecule has 118 valence electrons. The minimum Gasteiger partial charge on any atom is -0.353 e. The standard InChI is InChI=1S/C16H28N4O/c1-11(2)20-7-5-14(6-8-20)16(21)17-12(3)9-15-10-13(4)18-19-15/h10-12,14H,5-9H2,1-4H3,(H,17,21)(H,18,19). The summed E-state index contributed by atoms with van der Waals surface area (Å²) in [6.07, 6.45) is 2.72. The number of rotatable bonds is 5. The van der Waals surface area contributed by atoms with Gasteiger partial charge in [0.2, 0.25) is 5.91 Å². The minimum atomic E-state index is 0.128. The van der Waals surface area contributed by atoms with Crippen molar-refractivity contribution in [2.45, 2.75) is 59.0 Å². The average Bonchev–Trinajstić information content (AvgIpc) is 2.83. The van der Waals surface area contributed by atoms with Crippen molar-refractivity contribution in [3.8, 4) is 0 Å². The van der Waals surface area contributed by atoms with Crippen molar-refractivity contribution >= 4 is 5.91 Å². The number of aromatic nitrogens is 2. The van der Waals surface area contributed by atoms with Crippen LogP contribution < -0.4 is 5.32 Å². The molecule has 2 N–H and O–H groups in total. The number of piperidine rings is 1. The van der Waals surface area contributed by atoms with Crippen LogP contribution in [0.3, 0.4) is 0 Å². The van der Waals surface area contributed by atoms with Gasteiger partial charge in [-0.2, -0.15) is 5.10 Å². The van der Waals surface area contributed by atoms with Gasteiger partial charge < -0.3 is 10.2 Å². The van der Waals surface area contributed by atoms with E-state index in [0.717, 1.165) is 43.7 Å². The van der Waals surface area contributed by atoms with E-state index in [2.05, 4.69) is 34.3 Å². The lowest BCUT2D eigenvalue weighted by molar-refractivity contribution is -0.127. The first kappa shape index (κ1) is 16.0. The van der Waals surface area contributed by atoms with Crippen molar-refractivity contribution in [3.63, 3.8) is 0 Å². The van der Waals surface area contributed by atoms with Gasteiger partial charge >= 0.3 is 0 Å². The summed E-state index contributed by atoms with van der Waals surface area (Å²) < 4.78 is 0. The van der Waals surface area contributed by atoms with E-state index in [4.69, 9.17) is 0 Å². The summed E-state index contributed by atoms with van der Waals surface area (Å²) in [7, 11) is 0. The summed E-state index contributed by atoms with van der Waals surface area (Å²) in [6, 6.07) is 2.74. The van der Waals surface area contributed by atoms with Crippen LogP contribution in [0, 0.1) is 12.8 Å². The Balaban J connectivity index is 1.76. The summed E-state index contributed by atoms with van der Waals surface area (Å²) in [5.74, 6) is 0.376. The lowest BCUT2D eigenvalue weighted by Crippen LogP contribution is -2.45. The van der Waals surface area contributed by atoms with Gasteiger partial charge in [-0.15, -0.1) is 0 Å². The Morgan fingerprint density at radius 2 is 2.10 bits per heavy atom. The van der Waals surface area contributed by atoms with Crippen molar-refractivity contribution < 1.29 is 4.79 Å². The third-order valence-corrected chi connectivity index (χ3v) is 4.29. The monoisotopic (exact) mass is 292 g/mol. The minimum absolute atomic E-state index is 0.128. The van der Waals surface area contributed by atoms with Crippen LogP contribution in [0.2, 0.25) is 0 Å². The molecule has 2 heterocycles. The first-order valence-electron chi connectivity index (χ1n) is 8.01.